The van der Waals surface area contributed by atoms with Gasteiger partial charge in [0.15, 0.2) is 5.76 Å². The van der Waals surface area contributed by atoms with E-state index in [1.54, 1.807) is 18.2 Å². The molecule has 3 amide bonds. The predicted molar refractivity (Wildman–Crippen MR) is 104 cm³/mol. The van der Waals surface area contributed by atoms with Gasteiger partial charge in [-0.05, 0) is 36.4 Å². The molecule has 0 atom stereocenters. The van der Waals surface area contributed by atoms with Gasteiger partial charge in [0.2, 0.25) is 0 Å². The van der Waals surface area contributed by atoms with E-state index in [9.17, 15) is 23.2 Å². The summed E-state index contributed by atoms with van der Waals surface area (Å²) in [5.41, 5.74) is 3.78. The molecule has 8 nitrogen and oxygen atoms in total. The Hall–Kier alpha value is -4.21. The van der Waals surface area contributed by atoms with Crippen LogP contribution in [0.1, 0.15) is 26.7 Å². The molecule has 3 N–H and O–H groups in total. The predicted octanol–water partition coefficient (Wildman–Crippen LogP) is 2.33. The number of rotatable bonds is 7. The summed E-state index contributed by atoms with van der Waals surface area (Å²) in [4.78, 5) is 35.7. The second-order valence-electron chi connectivity index (χ2n) is 6.18. The maximum absolute atomic E-state index is 13.5. The molecule has 0 aliphatic heterocycles. The van der Waals surface area contributed by atoms with E-state index in [0.29, 0.717) is 17.6 Å². The zero-order chi connectivity index (χ0) is 22.2. The molecule has 10 heteroatoms. The van der Waals surface area contributed by atoms with Gasteiger partial charge >= 0.3 is 5.91 Å². The van der Waals surface area contributed by atoms with Crippen LogP contribution in [0.5, 0.6) is 5.75 Å². The molecule has 0 saturated carbocycles. The van der Waals surface area contributed by atoms with Crippen LogP contribution in [0.3, 0.4) is 0 Å². The summed E-state index contributed by atoms with van der Waals surface area (Å²) in [6, 6.07) is 14.4. The molecule has 0 radical (unpaired) electrons. The highest BCUT2D eigenvalue weighted by molar-refractivity contribution is 5.97. The molecule has 0 unspecified atom stereocenters. The van der Waals surface area contributed by atoms with Crippen LogP contribution in [-0.4, -0.2) is 24.3 Å². The molecule has 3 rings (SSSR count). The van der Waals surface area contributed by atoms with Crippen LogP contribution in [0, 0.1) is 11.6 Å². The average molecular weight is 429 g/mol. The normalized spacial score (nSPS) is 10.3. The van der Waals surface area contributed by atoms with Crippen molar-refractivity contribution in [3.8, 4) is 5.75 Å². The van der Waals surface area contributed by atoms with E-state index in [1.165, 1.54) is 6.07 Å². The first kappa shape index (κ1) is 21.5. The van der Waals surface area contributed by atoms with Crippen LogP contribution < -0.4 is 20.9 Å². The second-order valence-corrected chi connectivity index (χ2v) is 6.18. The molecule has 0 aliphatic carbocycles. The topological polar surface area (TPSA) is 110 Å². The van der Waals surface area contributed by atoms with Crippen LogP contribution in [-0.2, 0) is 11.4 Å². The SMILES string of the molecule is O=C(CNC(=O)c1ccc(F)cc1F)NNC(=O)c1ccc(COc2ccccc2)o1. The quantitative estimate of drug-likeness (QED) is 0.500. The Morgan fingerprint density at radius 3 is 2.42 bits per heavy atom. The molecule has 0 spiro atoms. The summed E-state index contributed by atoms with van der Waals surface area (Å²) in [5.74, 6) is -3.33. The van der Waals surface area contributed by atoms with E-state index in [4.69, 9.17) is 9.15 Å². The third-order valence-corrected chi connectivity index (χ3v) is 3.91. The average Bonchev–Trinajstić information content (AvgIpc) is 3.24. The van der Waals surface area contributed by atoms with Gasteiger partial charge in [-0.3, -0.25) is 25.2 Å². The van der Waals surface area contributed by atoms with Gasteiger partial charge in [0.1, 0.15) is 29.8 Å². The van der Waals surface area contributed by atoms with E-state index in [1.807, 2.05) is 18.2 Å². The van der Waals surface area contributed by atoms with Gasteiger partial charge in [-0.2, -0.15) is 0 Å². The summed E-state index contributed by atoms with van der Waals surface area (Å²) in [5, 5.41) is 2.15. The summed E-state index contributed by atoms with van der Waals surface area (Å²) >= 11 is 0. The largest absolute Gasteiger partial charge is 0.486 e. The Labute approximate surface area is 175 Å². The summed E-state index contributed by atoms with van der Waals surface area (Å²) in [6.07, 6.45) is 0. The van der Waals surface area contributed by atoms with Gasteiger partial charge < -0.3 is 14.5 Å². The molecule has 0 saturated heterocycles. The Morgan fingerprint density at radius 2 is 1.68 bits per heavy atom. The lowest BCUT2D eigenvalue weighted by atomic mass is 10.2. The fraction of sp³-hybridized carbons (Fsp3) is 0.0952. The van der Waals surface area contributed by atoms with Crippen molar-refractivity contribution < 1.29 is 32.3 Å². The van der Waals surface area contributed by atoms with Crippen molar-refractivity contribution in [1.29, 1.82) is 0 Å². The van der Waals surface area contributed by atoms with Crippen molar-refractivity contribution >= 4 is 17.7 Å². The first-order valence-electron chi connectivity index (χ1n) is 9.01. The van der Waals surface area contributed by atoms with Crippen LogP contribution >= 0.6 is 0 Å². The standard InChI is InChI=1S/C21H17F2N3O5/c22-13-6-8-16(17(23)10-13)20(28)24-11-19(27)25-26-21(29)18-9-7-15(31-18)12-30-14-4-2-1-3-5-14/h1-10H,11-12H2,(H,24,28)(H,25,27)(H,26,29). The van der Waals surface area contributed by atoms with E-state index in [-0.39, 0.29) is 12.4 Å². The number of nitrogens with one attached hydrogen (secondary N) is 3. The van der Waals surface area contributed by atoms with Gasteiger partial charge in [0.25, 0.3) is 11.8 Å². The summed E-state index contributed by atoms with van der Waals surface area (Å²) < 4.78 is 37.3. The number of hydrogen-bond donors (Lipinski definition) is 3. The zero-order valence-electron chi connectivity index (χ0n) is 16.0. The number of hydrazine groups is 1. The number of halogens is 2. The number of carbonyl (C=O) groups is 3. The molecule has 160 valence electrons. The Bertz CT molecular complexity index is 1090. The minimum absolute atomic E-state index is 0.0654. The van der Waals surface area contributed by atoms with Crippen LogP contribution in [0.25, 0.3) is 0 Å². The maximum Gasteiger partial charge on any atom is 0.305 e. The monoisotopic (exact) mass is 429 g/mol. The van der Waals surface area contributed by atoms with Crippen LogP contribution in [0.2, 0.25) is 0 Å². The van der Waals surface area contributed by atoms with Crippen molar-refractivity contribution in [1.82, 2.24) is 16.2 Å². The Morgan fingerprint density at radius 1 is 0.903 bits per heavy atom. The fourth-order valence-corrected chi connectivity index (χ4v) is 2.41. The molecule has 0 aliphatic rings. The maximum atomic E-state index is 13.5. The van der Waals surface area contributed by atoms with Crippen molar-refractivity contribution in [2.75, 3.05) is 6.54 Å². The molecule has 1 heterocycles. The Kier molecular flexibility index (Phi) is 6.94. The van der Waals surface area contributed by atoms with Crippen molar-refractivity contribution in [3.63, 3.8) is 0 Å². The first-order valence-corrected chi connectivity index (χ1v) is 9.01. The van der Waals surface area contributed by atoms with Gasteiger partial charge in [0, 0.05) is 6.07 Å². The molecular weight excluding hydrogens is 412 g/mol. The molecule has 2 aromatic carbocycles. The highest BCUT2D eigenvalue weighted by Crippen LogP contribution is 2.14. The molecule has 1 aromatic heterocycles. The summed E-state index contributed by atoms with van der Waals surface area (Å²) in [6.45, 7) is -0.445. The third-order valence-electron chi connectivity index (χ3n) is 3.91. The van der Waals surface area contributed by atoms with Crippen molar-refractivity contribution in [2.45, 2.75) is 6.61 Å². The van der Waals surface area contributed by atoms with E-state index < -0.39 is 41.5 Å². The van der Waals surface area contributed by atoms with Crippen LogP contribution in [0.4, 0.5) is 8.78 Å². The Balaban J connectivity index is 1.42. The molecule has 0 bridgehead atoms. The minimum atomic E-state index is -1.06. The highest BCUT2D eigenvalue weighted by atomic mass is 19.1. The van der Waals surface area contributed by atoms with E-state index in [0.717, 1.165) is 12.1 Å². The number of carbonyl (C=O) groups excluding carboxylic acids is 3. The number of furan rings is 1. The van der Waals surface area contributed by atoms with Crippen LogP contribution in [0.15, 0.2) is 65.1 Å². The minimum Gasteiger partial charge on any atom is -0.486 e. The van der Waals surface area contributed by atoms with E-state index >= 15 is 0 Å². The number of para-hydroxylation sites is 1. The van der Waals surface area contributed by atoms with Gasteiger partial charge in [-0.1, -0.05) is 18.2 Å². The third kappa shape index (κ3) is 6.13. The number of amides is 3. The highest BCUT2D eigenvalue weighted by Gasteiger charge is 2.15. The van der Waals surface area contributed by atoms with Crippen molar-refractivity contribution in [3.05, 3.63) is 89.4 Å². The molecule has 3 aromatic rings. The van der Waals surface area contributed by atoms with Gasteiger partial charge in [0.05, 0.1) is 12.1 Å². The van der Waals surface area contributed by atoms with Crippen molar-refractivity contribution in [2.24, 2.45) is 0 Å². The number of hydrogen-bond acceptors (Lipinski definition) is 5. The lowest BCUT2D eigenvalue weighted by Crippen LogP contribution is -2.46. The lowest BCUT2D eigenvalue weighted by Gasteiger charge is -2.08. The molecular formula is C21H17F2N3O5. The molecule has 0 fully saturated rings. The van der Waals surface area contributed by atoms with E-state index in [2.05, 4.69) is 16.2 Å². The second kappa shape index (κ2) is 10.0. The number of benzene rings is 2. The van der Waals surface area contributed by atoms with Gasteiger partial charge in [-0.25, -0.2) is 8.78 Å². The zero-order valence-corrected chi connectivity index (χ0v) is 16.0. The fourth-order valence-electron chi connectivity index (χ4n) is 2.41. The lowest BCUT2D eigenvalue weighted by molar-refractivity contribution is -0.120. The first-order chi connectivity index (χ1) is 14.9. The number of ether oxygens (including phenoxy) is 1. The van der Waals surface area contributed by atoms with Gasteiger partial charge in [-0.15, -0.1) is 0 Å². The smallest absolute Gasteiger partial charge is 0.305 e. The summed E-state index contributed by atoms with van der Waals surface area (Å²) in [7, 11) is 0. The molecule has 31 heavy (non-hydrogen) atoms.